The van der Waals surface area contributed by atoms with E-state index in [1.807, 2.05) is 13.8 Å². The quantitative estimate of drug-likeness (QED) is 0.802. The molecule has 0 fully saturated rings. The van der Waals surface area contributed by atoms with E-state index >= 15 is 0 Å². The van der Waals surface area contributed by atoms with Crippen LogP contribution in [-0.2, 0) is 4.79 Å². The summed E-state index contributed by atoms with van der Waals surface area (Å²) in [4.78, 5) is 16.2. The Kier molecular flexibility index (Phi) is 5.21. The maximum Gasteiger partial charge on any atom is 0.234 e. The maximum absolute atomic E-state index is 11.9. The van der Waals surface area contributed by atoms with Gasteiger partial charge in [0.05, 0.1) is 12.9 Å². The minimum atomic E-state index is -0.0962. The largest absolute Gasteiger partial charge is 0.497 e. The Morgan fingerprint density at radius 2 is 2.10 bits per heavy atom. The van der Waals surface area contributed by atoms with E-state index in [1.54, 1.807) is 31.4 Å². The fraction of sp³-hybridized carbons (Fsp3) is 0.357. The standard InChI is InChI=1S/C14H18N4O2S/c1-9(2)13-16-14(18-17-13)21-8-12(19)15-10-4-6-11(20-3)7-5-10/h4-7,9H,8H2,1-3H3,(H,15,19)(H,16,17,18). The predicted molar refractivity (Wildman–Crippen MR) is 82.8 cm³/mol. The molecule has 0 saturated heterocycles. The van der Waals surface area contributed by atoms with Crippen LogP contribution in [0.5, 0.6) is 5.75 Å². The zero-order valence-corrected chi connectivity index (χ0v) is 13.0. The number of nitrogens with zero attached hydrogens (tertiary/aromatic N) is 2. The molecule has 0 bridgehead atoms. The van der Waals surface area contributed by atoms with Gasteiger partial charge >= 0.3 is 0 Å². The van der Waals surface area contributed by atoms with Gasteiger partial charge in [-0.1, -0.05) is 25.6 Å². The summed E-state index contributed by atoms with van der Waals surface area (Å²) in [5.74, 6) is 2.04. The average Bonchev–Trinajstić information content (AvgIpc) is 2.95. The number of thioether (sulfide) groups is 1. The number of aromatic amines is 1. The van der Waals surface area contributed by atoms with Crippen molar-refractivity contribution < 1.29 is 9.53 Å². The van der Waals surface area contributed by atoms with E-state index < -0.39 is 0 Å². The molecule has 0 aliphatic carbocycles. The molecular weight excluding hydrogens is 288 g/mol. The number of methoxy groups -OCH3 is 1. The van der Waals surface area contributed by atoms with Gasteiger partial charge in [0.2, 0.25) is 11.1 Å². The lowest BCUT2D eigenvalue weighted by Gasteiger charge is -2.05. The van der Waals surface area contributed by atoms with Crippen LogP contribution in [0.3, 0.4) is 0 Å². The summed E-state index contributed by atoms with van der Waals surface area (Å²) < 4.78 is 5.06. The number of hydrogen-bond acceptors (Lipinski definition) is 5. The molecule has 1 aromatic carbocycles. The van der Waals surface area contributed by atoms with Crippen molar-refractivity contribution in [3.63, 3.8) is 0 Å². The van der Waals surface area contributed by atoms with Gasteiger partial charge in [0.15, 0.2) is 0 Å². The number of anilines is 1. The van der Waals surface area contributed by atoms with Crippen LogP contribution in [0.15, 0.2) is 29.4 Å². The van der Waals surface area contributed by atoms with Gasteiger partial charge in [-0.05, 0) is 24.3 Å². The van der Waals surface area contributed by atoms with Crippen LogP contribution in [0.2, 0.25) is 0 Å². The zero-order valence-electron chi connectivity index (χ0n) is 12.2. The number of ether oxygens (including phenoxy) is 1. The first-order valence-electron chi connectivity index (χ1n) is 6.57. The van der Waals surface area contributed by atoms with Crippen molar-refractivity contribution in [2.75, 3.05) is 18.2 Å². The molecule has 0 unspecified atom stereocenters. The Morgan fingerprint density at radius 3 is 2.67 bits per heavy atom. The number of rotatable bonds is 6. The first-order chi connectivity index (χ1) is 10.1. The van der Waals surface area contributed by atoms with E-state index in [4.69, 9.17) is 4.74 Å². The van der Waals surface area contributed by atoms with Gasteiger partial charge in [0.1, 0.15) is 11.6 Å². The van der Waals surface area contributed by atoms with Crippen LogP contribution in [0, 0.1) is 0 Å². The van der Waals surface area contributed by atoms with Crippen molar-refractivity contribution in [1.82, 2.24) is 15.2 Å². The zero-order chi connectivity index (χ0) is 15.2. The Hall–Kier alpha value is -2.02. The van der Waals surface area contributed by atoms with E-state index in [-0.39, 0.29) is 11.7 Å². The molecule has 7 heteroatoms. The fourth-order valence-corrected chi connectivity index (χ4v) is 2.19. The summed E-state index contributed by atoms with van der Waals surface area (Å²) in [5.41, 5.74) is 0.735. The van der Waals surface area contributed by atoms with Gasteiger partial charge in [0.25, 0.3) is 0 Å². The second-order valence-electron chi connectivity index (χ2n) is 4.72. The SMILES string of the molecule is COc1ccc(NC(=O)CSc2n[nH]c(C(C)C)n2)cc1. The lowest BCUT2D eigenvalue weighted by atomic mass is 10.2. The highest BCUT2D eigenvalue weighted by Gasteiger charge is 2.09. The molecule has 0 saturated carbocycles. The topological polar surface area (TPSA) is 79.9 Å². The van der Waals surface area contributed by atoms with E-state index in [2.05, 4.69) is 20.5 Å². The van der Waals surface area contributed by atoms with Crippen LogP contribution in [-0.4, -0.2) is 34.0 Å². The number of hydrogen-bond donors (Lipinski definition) is 2. The number of nitrogens with one attached hydrogen (secondary N) is 2. The first kappa shape index (κ1) is 15.4. The van der Waals surface area contributed by atoms with E-state index in [1.165, 1.54) is 11.8 Å². The molecule has 2 rings (SSSR count). The van der Waals surface area contributed by atoms with Gasteiger partial charge in [0, 0.05) is 11.6 Å². The molecule has 6 nitrogen and oxygen atoms in total. The molecule has 2 aromatic rings. The summed E-state index contributed by atoms with van der Waals surface area (Å²) in [6.45, 7) is 4.07. The average molecular weight is 306 g/mol. The van der Waals surface area contributed by atoms with E-state index in [0.717, 1.165) is 17.3 Å². The molecule has 0 spiro atoms. The summed E-state index contributed by atoms with van der Waals surface area (Å²) >= 11 is 1.30. The molecule has 0 aliphatic heterocycles. The van der Waals surface area contributed by atoms with Gasteiger partial charge in [-0.25, -0.2) is 4.98 Å². The van der Waals surface area contributed by atoms with Gasteiger partial charge in [-0.3, -0.25) is 9.89 Å². The number of aromatic nitrogens is 3. The number of benzene rings is 1. The highest BCUT2D eigenvalue weighted by molar-refractivity contribution is 7.99. The third-order valence-electron chi connectivity index (χ3n) is 2.74. The first-order valence-corrected chi connectivity index (χ1v) is 7.56. The van der Waals surface area contributed by atoms with Crippen LogP contribution in [0.1, 0.15) is 25.6 Å². The minimum absolute atomic E-state index is 0.0962. The van der Waals surface area contributed by atoms with E-state index in [0.29, 0.717) is 11.1 Å². The molecule has 0 radical (unpaired) electrons. The summed E-state index contributed by atoms with van der Waals surface area (Å²) in [5, 5.41) is 10.3. The third-order valence-corrected chi connectivity index (χ3v) is 3.58. The van der Waals surface area contributed by atoms with Crippen LogP contribution in [0.25, 0.3) is 0 Å². The normalized spacial score (nSPS) is 10.7. The van der Waals surface area contributed by atoms with Gasteiger partial charge < -0.3 is 10.1 Å². The second-order valence-corrected chi connectivity index (χ2v) is 5.67. The molecule has 1 heterocycles. The molecule has 0 atom stereocenters. The molecule has 1 aromatic heterocycles. The summed E-state index contributed by atoms with van der Waals surface area (Å²) in [6.07, 6.45) is 0. The van der Waals surface area contributed by atoms with Gasteiger partial charge in [-0.15, -0.1) is 5.10 Å². The summed E-state index contributed by atoms with van der Waals surface area (Å²) in [7, 11) is 1.60. The highest BCUT2D eigenvalue weighted by Crippen LogP contribution is 2.18. The smallest absolute Gasteiger partial charge is 0.234 e. The lowest BCUT2D eigenvalue weighted by Crippen LogP contribution is -2.14. The lowest BCUT2D eigenvalue weighted by molar-refractivity contribution is -0.113. The number of H-pyrrole nitrogens is 1. The van der Waals surface area contributed by atoms with Crippen molar-refractivity contribution in [2.24, 2.45) is 0 Å². The third kappa shape index (κ3) is 4.49. The molecule has 2 N–H and O–H groups in total. The number of amides is 1. The Bertz CT molecular complexity index is 595. The number of carbonyl (C=O) groups excluding carboxylic acids is 1. The van der Waals surface area contributed by atoms with Crippen LogP contribution < -0.4 is 10.1 Å². The Labute approximate surface area is 127 Å². The molecule has 112 valence electrons. The number of carbonyl (C=O) groups is 1. The highest BCUT2D eigenvalue weighted by atomic mass is 32.2. The second kappa shape index (κ2) is 7.12. The molecular formula is C14H18N4O2S. The van der Waals surface area contributed by atoms with Crippen molar-refractivity contribution in [2.45, 2.75) is 24.9 Å². The monoisotopic (exact) mass is 306 g/mol. The molecule has 0 aliphatic rings. The molecule has 1 amide bonds. The minimum Gasteiger partial charge on any atom is -0.497 e. The predicted octanol–water partition coefficient (Wildman–Crippen LogP) is 2.67. The van der Waals surface area contributed by atoms with Crippen molar-refractivity contribution in [1.29, 1.82) is 0 Å². The van der Waals surface area contributed by atoms with Crippen molar-refractivity contribution in [3.8, 4) is 5.75 Å². The van der Waals surface area contributed by atoms with Crippen molar-refractivity contribution >= 4 is 23.4 Å². The van der Waals surface area contributed by atoms with Crippen molar-refractivity contribution in [3.05, 3.63) is 30.1 Å². The van der Waals surface area contributed by atoms with Crippen LogP contribution >= 0.6 is 11.8 Å². The van der Waals surface area contributed by atoms with E-state index in [9.17, 15) is 4.79 Å². The fourth-order valence-electron chi connectivity index (χ4n) is 1.58. The van der Waals surface area contributed by atoms with Crippen LogP contribution in [0.4, 0.5) is 5.69 Å². The van der Waals surface area contributed by atoms with Gasteiger partial charge in [-0.2, -0.15) is 0 Å². The Balaban J connectivity index is 1.83. The maximum atomic E-state index is 11.9. The summed E-state index contributed by atoms with van der Waals surface area (Å²) in [6, 6.07) is 7.19. The Morgan fingerprint density at radius 1 is 1.38 bits per heavy atom. The molecule has 21 heavy (non-hydrogen) atoms.